The Labute approximate surface area is 177 Å². The van der Waals surface area contributed by atoms with Crippen molar-refractivity contribution in [2.24, 2.45) is 5.92 Å². The molecule has 0 bridgehead atoms. The molecule has 6 heteroatoms. The van der Waals surface area contributed by atoms with Gasteiger partial charge in [-0.15, -0.1) is 0 Å². The minimum Gasteiger partial charge on any atom is -0.351 e. The van der Waals surface area contributed by atoms with Crippen molar-refractivity contribution in [1.82, 2.24) is 24.8 Å². The standard InChI is InChI=1S/C24H29N5O/c1-17-14-28(15-19-6-4-5-12-25-19)13-11-20(17)26-23(30)16-29-22-8-3-2-7-21(22)27-24(29)18-9-10-18/h2-8,12,17-18,20H,9-11,13-16H2,1H3,(H,26,30). The maximum absolute atomic E-state index is 13.0. The van der Waals surface area contributed by atoms with Crippen molar-refractivity contribution < 1.29 is 4.79 Å². The van der Waals surface area contributed by atoms with E-state index in [1.54, 1.807) is 0 Å². The highest BCUT2D eigenvalue weighted by molar-refractivity contribution is 5.81. The van der Waals surface area contributed by atoms with Gasteiger partial charge >= 0.3 is 0 Å². The lowest BCUT2D eigenvalue weighted by molar-refractivity contribution is -0.123. The molecule has 2 unspecified atom stereocenters. The van der Waals surface area contributed by atoms with Crippen LogP contribution in [0, 0.1) is 5.92 Å². The number of para-hydroxylation sites is 2. The van der Waals surface area contributed by atoms with E-state index in [0.717, 1.165) is 48.6 Å². The van der Waals surface area contributed by atoms with Crippen LogP contribution in [0.1, 0.15) is 43.6 Å². The van der Waals surface area contributed by atoms with Crippen LogP contribution in [0.5, 0.6) is 0 Å². The van der Waals surface area contributed by atoms with Gasteiger partial charge in [-0.05, 0) is 49.4 Å². The van der Waals surface area contributed by atoms with Gasteiger partial charge in [-0.25, -0.2) is 4.98 Å². The summed E-state index contributed by atoms with van der Waals surface area (Å²) in [7, 11) is 0. The molecule has 0 radical (unpaired) electrons. The van der Waals surface area contributed by atoms with Crippen molar-refractivity contribution in [1.29, 1.82) is 0 Å². The van der Waals surface area contributed by atoms with Gasteiger partial charge in [-0.1, -0.05) is 25.1 Å². The summed E-state index contributed by atoms with van der Waals surface area (Å²) in [6, 6.07) is 14.4. The first kappa shape index (κ1) is 19.2. The fourth-order valence-corrected chi connectivity index (χ4v) is 4.62. The molecule has 156 valence electrons. The van der Waals surface area contributed by atoms with E-state index in [4.69, 9.17) is 4.98 Å². The molecule has 0 spiro atoms. The summed E-state index contributed by atoms with van der Waals surface area (Å²) in [4.78, 5) is 24.6. The number of carbonyl (C=O) groups excluding carboxylic acids is 1. The third kappa shape index (κ3) is 4.10. The molecule has 2 aliphatic rings. The first-order valence-corrected chi connectivity index (χ1v) is 11.0. The van der Waals surface area contributed by atoms with Gasteiger partial charge < -0.3 is 9.88 Å². The van der Waals surface area contributed by atoms with Crippen molar-refractivity contribution in [3.63, 3.8) is 0 Å². The molecular formula is C24H29N5O. The molecule has 1 aromatic carbocycles. The zero-order valence-corrected chi connectivity index (χ0v) is 17.5. The molecule has 5 rings (SSSR count). The van der Waals surface area contributed by atoms with Crippen LogP contribution >= 0.6 is 0 Å². The van der Waals surface area contributed by atoms with Crippen molar-refractivity contribution in [2.75, 3.05) is 13.1 Å². The minimum absolute atomic E-state index is 0.0927. The summed E-state index contributed by atoms with van der Waals surface area (Å²) >= 11 is 0. The van der Waals surface area contributed by atoms with E-state index in [1.165, 1.54) is 12.8 Å². The summed E-state index contributed by atoms with van der Waals surface area (Å²) in [5.41, 5.74) is 3.16. The van der Waals surface area contributed by atoms with Gasteiger partial charge in [0.2, 0.25) is 5.91 Å². The number of fused-ring (bicyclic) bond motifs is 1. The highest BCUT2D eigenvalue weighted by atomic mass is 16.2. The molecule has 3 aromatic rings. The predicted octanol–water partition coefficient (Wildman–Crippen LogP) is 3.34. The molecule has 6 nitrogen and oxygen atoms in total. The topological polar surface area (TPSA) is 63.1 Å². The number of hydrogen-bond acceptors (Lipinski definition) is 4. The third-order valence-electron chi connectivity index (χ3n) is 6.38. The number of benzene rings is 1. The van der Waals surface area contributed by atoms with Crippen LogP contribution < -0.4 is 5.32 Å². The number of imidazole rings is 1. The lowest BCUT2D eigenvalue weighted by Crippen LogP contribution is -2.50. The molecule has 2 atom stereocenters. The van der Waals surface area contributed by atoms with Crippen molar-refractivity contribution >= 4 is 16.9 Å². The number of likely N-dealkylation sites (tertiary alicyclic amines) is 1. The van der Waals surface area contributed by atoms with Gasteiger partial charge in [-0.3, -0.25) is 14.7 Å². The van der Waals surface area contributed by atoms with E-state index < -0.39 is 0 Å². The van der Waals surface area contributed by atoms with Gasteiger partial charge in [0, 0.05) is 37.8 Å². The molecule has 1 saturated carbocycles. The van der Waals surface area contributed by atoms with Crippen LogP contribution in [0.3, 0.4) is 0 Å². The minimum atomic E-state index is 0.0927. The van der Waals surface area contributed by atoms with Gasteiger partial charge in [-0.2, -0.15) is 0 Å². The highest BCUT2D eigenvalue weighted by Gasteiger charge is 2.31. The predicted molar refractivity (Wildman–Crippen MR) is 117 cm³/mol. The summed E-state index contributed by atoms with van der Waals surface area (Å²) in [5.74, 6) is 2.09. The van der Waals surface area contributed by atoms with Crippen LogP contribution in [0.25, 0.3) is 11.0 Å². The average molecular weight is 404 g/mol. The lowest BCUT2D eigenvalue weighted by atomic mass is 9.93. The largest absolute Gasteiger partial charge is 0.351 e. The van der Waals surface area contributed by atoms with Crippen LogP contribution in [0.15, 0.2) is 48.7 Å². The number of piperidine rings is 1. The second-order valence-corrected chi connectivity index (χ2v) is 8.82. The molecule has 2 aromatic heterocycles. The van der Waals surface area contributed by atoms with Gasteiger partial charge in [0.15, 0.2) is 0 Å². The van der Waals surface area contributed by atoms with Crippen LogP contribution in [0.2, 0.25) is 0 Å². The number of aromatic nitrogens is 3. The second-order valence-electron chi connectivity index (χ2n) is 8.82. The SMILES string of the molecule is CC1CN(Cc2ccccn2)CCC1NC(=O)Cn1c(C2CC2)nc2ccccc21. The van der Waals surface area contributed by atoms with E-state index in [-0.39, 0.29) is 11.9 Å². The monoisotopic (exact) mass is 403 g/mol. The number of hydrogen-bond donors (Lipinski definition) is 1. The average Bonchev–Trinajstić information content (AvgIpc) is 3.54. The van der Waals surface area contributed by atoms with Gasteiger partial charge in [0.1, 0.15) is 12.4 Å². The van der Waals surface area contributed by atoms with E-state index in [9.17, 15) is 4.79 Å². The van der Waals surface area contributed by atoms with E-state index in [2.05, 4.69) is 38.8 Å². The number of rotatable bonds is 6. The van der Waals surface area contributed by atoms with E-state index in [0.29, 0.717) is 18.4 Å². The number of nitrogens with zero attached hydrogens (tertiary/aromatic N) is 4. The molecule has 3 heterocycles. The molecule has 2 fully saturated rings. The normalized spacial score (nSPS) is 22.3. The van der Waals surface area contributed by atoms with Crippen molar-refractivity contribution in [3.8, 4) is 0 Å². The maximum Gasteiger partial charge on any atom is 0.240 e. The van der Waals surface area contributed by atoms with Crippen molar-refractivity contribution in [3.05, 3.63) is 60.2 Å². The molecule has 1 amide bonds. The van der Waals surface area contributed by atoms with Crippen molar-refractivity contribution in [2.45, 2.75) is 51.2 Å². The summed E-state index contributed by atoms with van der Waals surface area (Å²) in [6.45, 7) is 5.42. The number of pyridine rings is 1. The lowest BCUT2D eigenvalue weighted by Gasteiger charge is -2.37. The molecular weight excluding hydrogens is 374 g/mol. The molecule has 1 saturated heterocycles. The Hall–Kier alpha value is -2.73. The van der Waals surface area contributed by atoms with Gasteiger partial charge in [0.25, 0.3) is 0 Å². The Kier molecular flexibility index (Phi) is 5.25. The fraction of sp³-hybridized carbons (Fsp3) is 0.458. The Morgan fingerprint density at radius 3 is 2.73 bits per heavy atom. The summed E-state index contributed by atoms with van der Waals surface area (Å²) in [5, 5.41) is 3.31. The first-order valence-electron chi connectivity index (χ1n) is 11.0. The molecule has 1 aliphatic heterocycles. The quantitative estimate of drug-likeness (QED) is 0.686. The number of nitrogens with one attached hydrogen (secondary N) is 1. The Morgan fingerprint density at radius 2 is 1.97 bits per heavy atom. The third-order valence-corrected chi connectivity index (χ3v) is 6.38. The van der Waals surface area contributed by atoms with Crippen LogP contribution in [0.4, 0.5) is 0 Å². The number of carbonyl (C=O) groups is 1. The Bertz CT molecular complexity index is 1030. The van der Waals surface area contributed by atoms with Crippen LogP contribution in [-0.4, -0.2) is 44.5 Å². The zero-order valence-electron chi connectivity index (χ0n) is 17.5. The zero-order chi connectivity index (χ0) is 20.5. The second kappa shape index (κ2) is 8.19. The van der Waals surface area contributed by atoms with Gasteiger partial charge in [0.05, 0.1) is 16.7 Å². The van der Waals surface area contributed by atoms with E-state index >= 15 is 0 Å². The van der Waals surface area contributed by atoms with E-state index in [1.807, 2.05) is 36.5 Å². The molecule has 1 aliphatic carbocycles. The maximum atomic E-state index is 13.0. The summed E-state index contributed by atoms with van der Waals surface area (Å²) < 4.78 is 2.13. The first-order chi connectivity index (χ1) is 14.7. The smallest absolute Gasteiger partial charge is 0.240 e. The highest BCUT2D eigenvalue weighted by Crippen LogP contribution is 2.40. The molecule has 1 N–H and O–H groups in total. The Morgan fingerprint density at radius 1 is 1.13 bits per heavy atom. The fourth-order valence-electron chi connectivity index (χ4n) is 4.62. The Balaban J connectivity index is 1.21. The summed E-state index contributed by atoms with van der Waals surface area (Å²) in [6.07, 6.45) is 5.18. The van der Waals surface area contributed by atoms with Crippen LogP contribution in [-0.2, 0) is 17.9 Å². The molecule has 30 heavy (non-hydrogen) atoms. The number of amides is 1.